The largest absolute Gasteiger partial charge is 0.375 e. The maximum absolute atomic E-state index is 12.9. The molecule has 7 nitrogen and oxygen atoms in total. The molecule has 30 heavy (non-hydrogen) atoms. The van der Waals surface area contributed by atoms with Crippen molar-refractivity contribution in [3.63, 3.8) is 0 Å². The Kier molecular flexibility index (Phi) is 8.43. The maximum Gasteiger partial charge on any atom is 0.253 e. The van der Waals surface area contributed by atoms with Crippen LogP contribution in [0, 0.1) is 0 Å². The Labute approximate surface area is 185 Å². The third kappa shape index (κ3) is 7.14. The fourth-order valence-corrected chi connectivity index (χ4v) is 3.84. The number of hydrogen-bond acceptors (Lipinski definition) is 5. The minimum Gasteiger partial charge on any atom is -0.375 e. The van der Waals surface area contributed by atoms with Gasteiger partial charge in [0.05, 0.1) is 11.3 Å². The number of hydrogen-bond donors (Lipinski definition) is 2. The molecule has 0 spiro atoms. The van der Waals surface area contributed by atoms with Crippen LogP contribution in [0.3, 0.4) is 0 Å². The molecular weight excluding hydrogens is 470 g/mol. The Bertz CT molecular complexity index is 1010. The molecule has 0 saturated heterocycles. The molecule has 9 heteroatoms. The van der Waals surface area contributed by atoms with Gasteiger partial charge >= 0.3 is 0 Å². The van der Waals surface area contributed by atoms with Crippen molar-refractivity contribution in [2.75, 3.05) is 35.8 Å². The predicted molar refractivity (Wildman–Crippen MR) is 124 cm³/mol. The number of nitrogens with one attached hydrogen (secondary N) is 2. The number of benzene rings is 2. The first-order chi connectivity index (χ1) is 14.1. The Morgan fingerprint density at radius 1 is 1.13 bits per heavy atom. The molecule has 0 radical (unpaired) electrons. The van der Waals surface area contributed by atoms with Crippen LogP contribution in [0.15, 0.2) is 53.0 Å². The van der Waals surface area contributed by atoms with Crippen LogP contribution >= 0.6 is 15.9 Å². The molecule has 2 rings (SSSR count). The van der Waals surface area contributed by atoms with E-state index in [-0.39, 0.29) is 12.2 Å². The molecule has 2 N–H and O–H groups in total. The fourth-order valence-electron chi connectivity index (χ4n) is 2.72. The molecule has 0 aliphatic heterocycles. The molecule has 0 aromatic heterocycles. The fraction of sp³-hybridized carbons (Fsp3) is 0.333. The van der Waals surface area contributed by atoms with Crippen molar-refractivity contribution in [3.8, 4) is 0 Å². The zero-order chi connectivity index (χ0) is 22.3. The van der Waals surface area contributed by atoms with Gasteiger partial charge in [0.15, 0.2) is 0 Å². The third-order valence-electron chi connectivity index (χ3n) is 4.55. The molecule has 2 aromatic carbocycles. The maximum atomic E-state index is 12.9. The third-order valence-corrected chi connectivity index (χ3v) is 6.22. The van der Waals surface area contributed by atoms with Crippen molar-refractivity contribution in [3.05, 3.63) is 58.6 Å². The predicted octanol–water partition coefficient (Wildman–Crippen LogP) is 3.08. The molecule has 1 atom stereocenters. The van der Waals surface area contributed by atoms with Crippen molar-refractivity contribution in [1.82, 2.24) is 5.32 Å². The summed E-state index contributed by atoms with van der Waals surface area (Å²) in [7, 11) is -1.36. The summed E-state index contributed by atoms with van der Waals surface area (Å²) in [6.45, 7) is 2.82. The molecule has 2 amide bonds. The van der Waals surface area contributed by atoms with Gasteiger partial charge in [0.2, 0.25) is 5.91 Å². The van der Waals surface area contributed by atoms with Gasteiger partial charge in [0.25, 0.3) is 5.91 Å². The lowest BCUT2D eigenvalue weighted by molar-refractivity contribution is -0.118. The zero-order valence-electron chi connectivity index (χ0n) is 17.2. The number of carbonyl (C=O) groups is 2. The second-order valence-electron chi connectivity index (χ2n) is 6.98. The minimum absolute atomic E-state index is 0.0323. The average molecular weight is 496 g/mol. The highest BCUT2D eigenvalue weighted by atomic mass is 79.9. The van der Waals surface area contributed by atoms with Gasteiger partial charge in [-0.1, -0.05) is 18.2 Å². The number of anilines is 2. The Balaban J connectivity index is 2.20. The average Bonchev–Trinajstić information content (AvgIpc) is 2.70. The zero-order valence-corrected chi connectivity index (χ0v) is 19.6. The van der Waals surface area contributed by atoms with Crippen LogP contribution in [0.5, 0.6) is 0 Å². The molecule has 0 fully saturated rings. The SMILES string of the molecule is CCN(C)c1cccc(NC(=O)C(CCS(C)(=O)=O)NC(=O)c2ccccc2Br)c1. The van der Waals surface area contributed by atoms with E-state index in [1.54, 1.807) is 30.3 Å². The Morgan fingerprint density at radius 2 is 1.83 bits per heavy atom. The lowest BCUT2D eigenvalue weighted by atomic mass is 10.1. The first kappa shape index (κ1) is 23.9. The number of carbonyl (C=O) groups excluding carboxylic acids is 2. The second kappa shape index (κ2) is 10.6. The first-order valence-corrected chi connectivity index (χ1v) is 12.3. The van der Waals surface area contributed by atoms with Crippen molar-refractivity contribution in [1.29, 1.82) is 0 Å². The number of nitrogens with zero attached hydrogens (tertiary/aromatic N) is 1. The van der Waals surface area contributed by atoms with Crippen LogP contribution in [0.4, 0.5) is 11.4 Å². The lowest BCUT2D eigenvalue weighted by Gasteiger charge is -2.20. The number of rotatable bonds is 9. The summed E-state index contributed by atoms with van der Waals surface area (Å²) in [6, 6.07) is 13.1. The molecular formula is C21H26BrN3O4S. The summed E-state index contributed by atoms with van der Waals surface area (Å²) in [6.07, 6.45) is 1.07. The van der Waals surface area contributed by atoms with Crippen LogP contribution < -0.4 is 15.5 Å². The molecule has 0 saturated carbocycles. The molecule has 2 aromatic rings. The van der Waals surface area contributed by atoms with Gasteiger partial charge in [-0.15, -0.1) is 0 Å². The van der Waals surface area contributed by atoms with Crippen LogP contribution in [-0.2, 0) is 14.6 Å². The van der Waals surface area contributed by atoms with Gasteiger partial charge in [-0.05, 0) is 59.6 Å². The van der Waals surface area contributed by atoms with E-state index >= 15 is 0 Å². The van der Waals surface area contributed by atoms with E-state index in [1.807, 2.05) is 37.1 Å². The summed E-state index contributed by atoms with van der Waals surface area (Å²) in [5.41, 5.74) is 1.86. The molecule has 0 heterocycles. The summed E-state index contributed by atoms with van der Waals surface area (Å²) >= 11 is 3.31. The van der Waals surface area contributed by atoms with E-state index in [0.717, 1.165) is 18.5 Å². The van der Waals surface area contributed by atoms with Crippen molar-refractivity contribution >= 4 is 49.0 Å². The van der Waals surface area contributed by atoms with E-state index in [0.29, 0.717) is 15.7 Å². The summed E-state index contributed by atoms with van der Waals surface area (Å²) in [5, 5.41) is 5.44. The summed E-state index contributed by atoms with van der Waals surface area (Å²) < 4.78 is 23.8. The highest BCUT2D eigenvalue weighted by Crippen LogP contribution is 2.19. The highest BCUT2D eigenvalue weighted by Gasteiger charge is 2.24. The topological polar surface area (TPSA) is 95.6 Å². The Morgan fingerprint density at radius 3 is 2.47 bits per heavy atom. The van der Waals surface area contributed by atoms with Crippen molar-refractivity contribution in [2.45, 2.75) is 19.4 Å². The lowest BCUT2D eigenvalue weighted by Crippen LogP contribution is -2.44. The normalized spacial score (nSPS) is 12.1. The van der Waals surface area contributed by atoms with Gasteiger partial charge < -0.3 is 15.5 Å². The smallest absolute Gasteiger partial charge is 0.253 e. The van der Waals surface area contributed by atoms with Gasteiger partial charge in [0.1, 0.15) is 15.9 Å². The number of halogens is 1. The highest BCUT2D eigenvalue weighted by molar-refractivity contribution is 9.10. The van der Waals surface area contributed by atoms with Gasteiger partial charge in [0, 0.05) is 35.7 Å². The van der Waals surface area contributed by atoms with Gasteiger partial charge in [-0.3, -0.25) is 9.59 Å². The standard InChI is InChI=1S/C21H26BrN3O4S/c1-4-25(2)16-9-7-8-15(14-16)23-21(27)19(12-13-30(3,28)29)24-20(26)17-10-5-6-11-18(17)22/h5-11,14,19H,4,12-13H2,1-3H3,(H,23,27)(H,24,26). The van der Waals surface area contributed by atoms with Crippen molar-refractivity contribution < 1.29 is 18.0 Å². The number of sulfone groups is 1. The van der Waals surface area contributed by atoms with Gasteiger partial charge in [-0.25, -0.2) is 8.42 Å². The molecule has 162 valence electrons. The van der Waals surface area contributed by atoms with E-state index in [1.165, 1.54) is 0 Å². The van der Waals surface area contributed by atoms with Crippen LogP contribution in [0.1, 0.15) is 23.7 Å². The quantitative estimate of drug-likeness (QED) is 0.557. The van der Waals surface area contributed by atoms with E-state index in [2.05, 4.69) is 26.6 Å². The van der Waals surface area contributed by atoms with E-state index < -0.39 is 27.7 Å². The Hall–Kier alpha value is -2.39. The molecule has 0 bridgehead atoms. The van der Waals surface area contributed by atoms with E-state index in [9.17, 15) is 18.0 Å². The first-order valence-electron chi connectivity index (χ1n) is 9.46. The van der Waals surface area contributed by atoms with Crippen LogP contribution in [0.2, 0.25) is 0 Å². The monoisotopic (exact) mass is 495 g/mol. The van der Waals surface area contributed by atoms with E-state index in [4.69, 9.17) is 0 Å². The van der Waals surface area contributed by atoms with Gasteiger partial charge in [-0.2, -0.15) is 0 Å². The van der Waals surface area contributed by atoms with Crippen molar-refractivity contribution in [2.24, 2.45) is 0 Å². The minimum atomic E-state index is -3.30. The second-order valence-corrected chi connectivity index (χ2v) is 10.1. The molecule has 1 unspecified atom stereocenters. The summed E-state index contributed by atoms with van der Waals surface area (Å²) in [5.74, 6) is -1.16. The molecule has 0 aliphatic carbocycles. The molecule has 0 aliphatic rings. The summed E-state index contributed by atoms with van der Waals surface area (Å²) in [4.78, 5) is 27.6. The number of amides is 2. The van der Waals surface area contributed by atoms with Crippen LogP contribution in [0.25, 0.3) is 0 Å². The van der Waals surface area contributed by atoms with Crippen LogP contribution in [-0.4, -0.2) is 51.9 Å².